The van der Waals surface area contributed by atoms with Gasteiger partial charge in [-0.15, -0.1) is 0 Å². The van der Waals surface area contributed by atoms with Gasteiger partial charge in [-0.1, -0.05) is 56.4 Å². The number of imidazole rings is 1. The minimum Gasteiger partial charge on any atom is -0.481 e. The summed E-state index contributed by atoms with van der Waals surface area (Å²) in [6, 6.07) is 8.71. The van der Waals surface area contributed by atoms with Crippen molar-refractivity contribution < 1.29 is 9.90 Å². The number of hydrogen-bond donors (Lipinski definition) is 1. The Balaban J connectivity index is 1.63. The van der Waals surface area contributed by atoms with Crippen molar-refractivity contribution in [2.75, 3.05) is 0 Å². The molecule has 4 heteroatoms. The SMILES string of the molecule is O=C(O)CC(CC1c2ccccc2-c2cncn21)C1CCCCC1. The normalized spacial score (nSPS) is 21.2. The molecule has 2 atom stereocenters. The first-order valence-corrected chi connectivity index (χ1v) is 9.07. The predicted octanol–water partition coefficient (Wildman–Crippen LogP) is 4.51. The summed E-state index contributed by atoms with van der Waals surface area (Å²) in [7, 11) is 0. The Morgan fingerprint density at radius 2 is 2.04 bits per heavy atom. The molecular formula is C20H24N2O2. The first kappa shape index (κ1) is 15.4. The molecule has 2 unspecified atom stereocenters. The van der Waals surface area contributed by atoms with Gasteiger partial charge in [-0.25, -0.2) is 4.98 Å². The average molecular weight is 324 g/mol. The van der Waals surface area contributed by atoms with Crippen LogP contribution in [0.1, 0.15) is 56.6 Å². The minimum absolute atomic E-state index is 0.227. The van der Waals surface area contributed by atoms with E-state index >= 15 is 0 Å². The molecule has 126 valence electrons. The molecule has 4 nitrogen and oxygen atoms in total. The third-order valence-electron chi connectivity index (χ3n) is 5.88. The largest absolute Gasteiger partial charge is 0.481 e. The number of aliphatic carboxylic acids is 1. The van der Waals surface area contributed by atoms with Crippen LogP contribution >= 0.6 is 0 Å². The van der Waals surface area contributed by atoms with E-state index in [2.05, 4.69) is 33.8 Å². The zero-order valence-corrected chi connectivity index (χ0v) is 13.9. The fourth-order valence-electron chi connectivity index (χ4n) is 4.73. The molecular weight excluding hydrogens is 300 g/mol. The highest BCUT2D eigenvalue weighted by Gasteiger charge is 2.34. The zero-order valence-electron chi connectivity index (χ0n) is 13.9. The molecule has 1 fully saturated rings. The van der Waals surface area contributed by atoms with Gasteiger partial charge in [-0.2, -0.15) is 0 Å². The van der Waals surface area contributed by atoms with E-state index in [-0.39, 0.29) is 18.4 Å². The Morgan fingerprint density at radius 3 is 2.83 bits per heavy atom. The van der Waals surface area contributed by atoms with E-state index in [0.29, 0.717) is 5.92 Å². The Labute approximate surface area is 142 Å². The summed E-state index contributed by atoms with van der Waals surface area (Å²) in [6.07, 6.45) is 11.2. The van der Waals surface area contributed by atoms with Crippen molar-refractivity contribution >= 4 is 5.97 Å². The van der Waals surface area contributed by atoms with Gasteiger partial charge < -0.3 is 9.67 Å². The molecule has 24 heavy (non-hydrogen) atoms. The molecule has 1 aliphatic heterocycles. The van der Waals surface area contributed by atoms with Gasteiger partial charge in [0.05, 0.1) is 24.3 Å². The second-order valence-corrected chi connectivity index (χ2v) is 7.28. The van der Waals surface area contributed by atoms with Gasteiger partial charge in [0.25, 0.3) is 0 Å². The third-order valence-corrected chi connectivity index (χ3v) is 5.88. The van der Waals surface area contributed by atoms with Crippen LogP contribution in [-0.4, -0.2) is 20.6 Å². The summed E-state index contributed by atoms with van der Waals surface area (Å²) in [6.45, 7) is 0. The number of carboxylic acids is 1. The summed E-state index contributed by atoms with van der Waals surface area (Å²) in [4.78, 5) is 15.8. The molecule has 0 bridgehead atoms. The van der Waals surface area contributed by atoms with Crippen LogP contribution in [0.5, 0.6) is 0 Å². The van der Waals surface area contributed by atoms with Gasteiger partial charge in [-0.3, -0.25) is 4.79 Å². The van der Waals surface area contributed by atoms with Gasteiger partial charge in [0.15, 0.2) is 0 Å². The van der Waals surface area contributed by atoms with Gasteiger partial charge in [0.1, 0.15) is 0 Å². The van der Waals surface area contributed by atoms with Crippen LogP contribution in [0, 0.1) is 11.8 Å². The Hall–Kier alpha value is -2.10. The molecule has 0 amide bonds. The number of carbonyl (C=O) groups is 1. The smallest absolute Gasteiger partial charge is 0.303 e. The number of fused-ring (bicyclic) bond motifs is 3. The van der Waals surface area contributed by atoms with Crippen molar-refractivity contribution in [3.05, 3.63) is 42.4 Å². The molecule has 1 aliphatic carbocycles. The Bertz CT molecular complexity index is 731. The second kappa shape index (κ2) is 6.42. The van der Waals surface area contributed by atoms with Crippen molar-refractivity contribution in [1.29, 1.82) is 0 Å². The van der Waals surface area contributed by atoms with Crippen molar-refractivity contribution in [2.24, 2.45) is 11.8 Å². The summed E-state index contributed by atoms with van der Waals surface area (Å²) >= 11 is 0. The highest BCUT2D eigenvalue weighted by molar-refractivity contribution is 5.69. The molecule has 2 aromatic rings. The molecule has 2 heterocycles. The van der Waals surface area contributed by atoms with Gasteiger partial charge >= 0.3 is 5.97 Å². The van der Waals surface area contributed by atoms with Crippen LogP contribution in [0.4, 0.5) is 0 Å². The average Bonchev–Trinajstić information content (AvgIpc) is 3.17. The predicted molar refractivity (Wildman–Crippen MR) is 92.7 cm³/mol. The summed E-state index contributed by atoms with van der Waals surface area (Å²) < 4.78 is 2.24. The van der Waals surface area contributed by atoms with Crippen molar-refractivity contribution in [2.45, 2.75) is 51.0 Å². The Kier molecular flexibility index (Phi) is 4.13. The minimum atomic E-state index is -0.664. The Morgan fingerprint density at radius 1 is 1.25 bits per heavy atom. The van der Waals surface area contributed by atoms with E-state index in [9.17, 15) is 9.90 Å². The standard InChI is InChI=1S/C20H24N2O2/c23-20(24)11-15(14-6-2-1-3-7-14)10-18-16-8-4-5-9-17(16)19-12-21-13-22(18)19/h4-5,8-9,12-15,18H,1-3,6-7,10-11H2,(H,23,24). The number of hydrogen-bond acceptors (Lipinski definition) is 2. The lowest BCUT2D eigenvalue weighted by atomic mass is 9.75. The first-order chi connectivity index (χ1) is 11.7. The van der Waals surface area contributed by atoms with Gasteiger partial charge in [0, 0.05) is 12.0 Å². The van der Waals surface area contributed by atoms with Gasteiger partial charge in [0.2, 0.25) is 0 Å². The third kappa shape index (κ3) is 2.74. The topological polar surface area (TPSA) is 55.1 Å². The number of nitrogens with zero attached hydrogens (tertiary/aromatic N) is 2. The number of carboxylic acid groups (broad SMARTS) is 1. The van der Waals surface area contributed by atoms with Crippen LogP contribution in [0.25, 0.3) is 11.3 Å². The fraction of sp³-hybridized carbons (Fsp3) is 0.500. The molecule has 0 radical (unpaired) electrons. The second-order valence-electron chi connectivity index (χ2n) is 7.28. The van der Waals surface area contributed by atoms with Crippen LogP contribution in [0.15, 0.2) is 36.8 Å². The van der Waals surface area contributed by atoms with Crippen LogP contribution in [0.2, 0.25) is 0 Å². The van der Waals surface area contributed by atoms with E-state index in [1.165, 1.54) is 43.2 Å². The van der Waals surface area contributed by atoms with E-state index in [1.54, 1.807) is 0 Å². The highest BCUT2D eigenvalue weighted by Crippen LogP contribution is 2.45. The molecule has 1 saturated carbocycles. The molecule has 0 saturated heterocycles. The first-order valence-electron chi connectivity index (χ1n) is 9.07. The van der Waals surface area contributed by atoms with Crippen molar-refractivity contribution in [3.8, 4) is 11.3 Å². The lowest BCUT2D eigenvalue weighted by Gasteiger charge is -2.31. The summed E-state index contributed by atoms with van der Waals surface area (Å²) in [5.41, 5.74) is 3.73. The van der Waals surface area contributed by atoms with Crippen LogP contribution < -0.4 is 0 Å². The number of benzene rings is 1. The van der Waals surface area contributed by atoms with E-state index < -0.39 is 5.97 Å². The monoisotopic (exact) mass is 324 g/mol. The maximum absolute atomic E-state index is 11.4. The molecule has 0 spiro atoms. The summed E-state index contributed by atoms with van der Waals surface area (Å²) in [5.74, 6) is 0.131. The van der Waals surface area contributed by atoms with E-state index in [1.807, 2.05) is 12.5 Å². The van der Waals surface area contributed by atoms with Crippen molar-refractivity contribution in [1.82, 2.24) is 9.55 Å². The van der Waals surface area contributed by atoms with E-state index in [4.69, 9.17) is 0 Å². The number of aromatic nitrogens is 2. The molecule has 1 aromatic carbocycles. The maximum atomic E-state index is 11.4. The highest BCUT2D eigenvalue weighted by atomic mass is 16.4. The zero-order chi connectivity index (χ0) is 16.5. The molecule has 4 rings (SSSR count). The molecule has 1 N–H and O–H groups in total. The number of rotatable bonds is 5. The maximum Gasteiger partial charge on any atom is 0.303 e. The van der Waals surface area contributed by atoms with Crippen LogP contribution in [-0.2, 0) is 4.79 Å². The van der Waals surface area contributed by atoms with E-state index in [0.717, 1.165) is 12.1 Å². The van der Waals surface area contributed by atoms with Gasteiger partial charge in [-0.05, 0) is 23.8 Å². The molecule has 1 aromatic heterocycles. The van der Waals surface area contributed by atoms with Crippen LogP contribution in [0.3, 0.4) is 0 Å². The molecule has 2 aliphatic rings. The van der Waals surface area contributed by atoms with Crippen molar-refractivity contribution in [3.63, 3.8) is 0 Å². The fourth-order valence-corrected chi connectivity index (χ4v) is 4.73. The summed E-state index contributed by atoms with van der Waals surface area (Å²) in [5, 5.41) is 9.42. The lowest BCUT2D eigenvalue weighted by molar-refractivity contribution is -0.138. The quantitative estimate of drug-likeness (QED) is 0.880. The lowest BCUT2D eigenvalue weighted by Crippen LogP contribution is -2.24.